The molecule has 0 unspecified atom stereocenters. The summed E-state index contributed by atoms with van der Waals surface area (Å²) in [5.74, 6) is 1.12. The van der Waals surface area contributed by atoms with Crippen molar-refractivity contribution in [3.8, 4) is 5.75 Å². The minimum absolute atomic E-state index is 0.234. The van der Waals surface area contributed by atoms with E-state index in [0.29, 0.717) is 19.1 Å². The summed E-state index contributed by atoms with van der Waals surface area (Å²) in [7, 11) is 0. The van der Waals surface area contributed by atoms with Crippen LogP contribution in [0.2, 0.25) is 0 Å². The van der Waals surface area contributed by atoms with Crippen molar-refractivity contribution >= 4 is 6.09 Å². The van der Waals surface area contributed by atoms with Gasteiger partial charge in [-0.05, 0) is 46.2 Å². The molecule has 1 aliphatic rings. The third-order valence-corrected chi connectivity index (χ3v) is 3.31. The standard InChI is InChI=1S/C16H24N2O3/c1-12-5-6-14(9-17-12)20-11-13-7-8-18(10-13)15(19)21-16(2,3)4/h5-6,9,13H,7-8,10-11H2,1-4H3/t13-/m0/s1. The molecular formula is C16H24N2O3. The summed E-state index contributed by atoms with van der Waals surface area (Å²) in [4.78, 5) is 17.9. The number of aromatic nitrogens is 1. The minimum atomic E-state index is -0.445. The second-order valence-corrected chi connectivity index (χ2v) is 6.53. The van der Waals surface area contributed by atoms with E-state index in [1.54, 1.807) is 11.1 Å². The van der Waals surface area contributed by atoms with Gasteiger partial charge in [0.15, 0.2) is 0 Å². The Bertz CT molecular complexity index is 479. The van der Waals surface area contributed by atoms with Crippen LogP contribution in [0, 0.1) is 12.8 Å². The lowest BCUT2D eigenvalue weighted by atomic mass is 10.1. The molecule has 0 bridgehead atoms. The van der Waals surface area contributed by atoms with Gasteiger partial charge in [-0.2, -0.15) is 0 Å². The van der Waals surface area contributed by atoms with Gasteiger partial charge in [-0.15, -0.1) is 0 Å². The monoisotopic (exact) mass is 292 g/mol. The van der Waals surface area contributed by atoms with Gasteiger partial charge < -0.3 is 14.4 Å². The van der Waals surface area contributed by atoms with Crippen LogP contribution < -0.4 is 4.74 Å². The van der Waals surface area contributed by atoms with Gasteiger partial charge in [-0.25, -0.2) is 4.79 Å². The van der Waals surface area contributed by atoms with Gasteiger partial charge in [0, 0.05) is 24.7 Å². The number of hydrogen-bond acceptors (Lipinski definition) is 4. The quantitative estimate of drug-likeness (QED) is 0.859. The Kier molecular flexibility index (Phi) is 4.70. The molecule has 1 saturated heterocycles. The highest BCUT2D eigenvalue weighted by molar-refractivity contribution is 5.68. The van der Waals surface area contributed by atoms with Crippen molar-refractivity contribution in [2.75, 3.05) is 19.7 Å². The van der Waals surface area contributed by atoms with Crippen LogP contribution in [0.15, 0.2) is 18.3 Å². The van der Waals surface area contributed by atoms with Crippen LogP contribution in [0.4, 0.5) is 4.79 Å². The van der Waals surface area contributed by atoms with E-state index in [9.17, 15) is 4.79 Å². The summed E-state index contributed by atoms with van der Waals surface area (Å²) < 4.78 is 11.1. The molecule has 1 atom stereocenters. The second-order valence-electron chi connectivity index (χ2n) is 6.53. The average Bonchev–Trinajstić information content (AvgIpc) is 2.85. The van der Waals surface area contributed by atoms with Crippen molar-refractivity contribution in [2.45, 2.75) is 39.7 Å². The highest BCUT2D eigenvalue weighted by Crippen LogP contribution is 2.20. The first kappa shape index (κ1) is 15.6. The molecule has 0 spiro atoms. The number of pyridine rings is 1. The van der Waals surface area contributed by atoms with Crippen LogP contribution in [0.5, 0.6) is 5.75 Å². The Morgan fingerprint density at radius 2 is 2.19 bits per heavy atom. The fraction of sp³-hybridized carbons (Fsp3) is 0.625. The zero-order valence-corrected chi connectivity index (χ0v) is 13.3. The Labute approximate surface area is 126 Å². The largest absolute Gasteiger partial charge is 0.492 e. The summed E-state index contributed by atoms with van der Waals surface area (Å²) >= 11 is 0. The third-order valence-electron chi connectivity index (χ3n) is 3.31. The molecule has 0 aliphatic carbocycles. The number of amides is 1. The molecule has 0 saturated carbocycles. The molecule has 116 valence electrons. The van der Waals surface area contributed by atoms with Crippen molar-refractivity contribution < 1.29 is 14.3 Å². The van der Waals surface area contributed by atoms with Gasteiger partial charge in [0.05, 0.1) is 12.8 Å². The Balaban J connectivity index is 1.77. The zero-order chi connectivity index (χ0) is 15.5. The van der Waals surface area contributed by atoms with E-state index in [-0.39, 0.29) is 6.09 Å². The van der Waals surface area contributed by atoms with Gasteiger partial charge >= 0.3 is 6.09 Å². The van der Waals surface area contributed by atoms with Crippen molar-refractivity contribution in [2.24, 2.45) is 5.92 Å². The number of likely N-dealkylation sites (tertiary alicyclic amines) is 1. The maximum absolute atomic E-state index is 12.0. The molecule has 0 N–H and O–H groups in total. The molecule has 21 heavy (non-hydrogen) atoms. The molecule has 1 amide bonds. The predicted octanol–water partition coefficient (Wildman–Crippen LogP) is 3.03. The van der Waals surface area contributed by atoms with E-state index >= 15 is 0 Å². The number of aryl methyl sites for hydroxylation is 1. The van der Waals surface area contributed by atoms with Gasteiger partial charge in [0.2, 0.25) is 0 Å². The summed E-state index contributed by atoms with van der Waals surface area (Å²) in [6, 6.07) is 3.85. The minimum Gasteiger partial charge on any atom is -0.492 e. The molecule has 5 heteroatoms. The summed E-state index contributed by atoms with van der Waals surface area (Å²) in [5, 5.41) is 0. The smallest absolute Gasteiger partial charge is 0.410 e. The maximum Gasteiger partial charge on any atom is 0.410 e. The van der Waals surface area contributed by atoms with E-state index < -0.39 is 5.60 Å². The fourth-order valence-electron chi connectivity index (χ4n) is 2.21. The van der Waals surface area contributed by atoms with E-state index in [2.05, 4.69) is 4.98 Å². The van der Waals surface area contributed by atoms with Gasteiger partial charge in [0.1, 0.15) is 11.4 Å². The molecule has 1 aliphatic heterocycles. The predicted molar refractivity (Wildman–Crippen MR) is 80.4 cm³/mol. The topological polar surface area (TPSA) is 51.7 Å². The molecule has 2 rings (SSSR count). The molecule has 1 aromatic heterocycles. The Morgan fingerprint density at radius 1 is 1.43 bits per heavy atom. The molecule has 1 fully saturated rings. The van der Waals surface area contributed by atoms with E-state index in [0.717, 1.165) is 24.4 Å². The summed E-state index contributed by atoms with van der Waals surface area (Å²) in [6.07, 6.45) is 2.44. The Morgan fingerprint density at radius 3 is 2.81 bits per heavy atom. The van der Waals surface area contributed by atoms with Gasteiger partial charge in [-0.1, -0.05) is 0 Å². The van der Waals surface area contributed by atoms with Crippen molar-refractivity contribution in [3.05, 3.63) is 24.0 Å². The molecule has 0 aromatic carbocycles. The number of nitrogens with zero attached hydrogens (tertiary/aromatic N) is 2. The number of rotatable bonds is 3. The molecule has 2 heterocycles. The molecular weight excluding hydrogens is 268 g/mol. The fourth-order valence-corrected chi connectivity index (χ4v) is 2.21. The highest BCUT2D eigenvalue weighted by Gasteiger charge is 2.30. The third kappa shape index (κ3) is 4.92. The van der Waals surface area contributed by atoms with Crippen LogP contribution in [-0.2, 0) is 4.74 Å². The lowest BCUT2D eigenvalue weighted by molar-refractivity contribution is 0.0285. The van der Waals surface area contributed by atoms with E-state index in [4.69, 9.17) is 9.47 Å². The number of hydrogen-bond donors (Lipinski definition) is 0. The first-order valence-electron chi connectivity index (χ1n) is 7.37. The zero-order valence-electron chi connectivity index (χ0n) is 13.3. The van der Waals surface area contributed by atoms with Crippen molar-refractivity contribution in [1.82, 2.24) is 9.88 Å². The van der Waals surface area contributed by atoms with Crippen LogP contribution in [0.1, 0.15) is 32.9 Å². The first-order chi connectivity index (χ1) is 9.83. The normalized spacial score (nSPS) is 18.7. The van der Waals surface area contributed by atoms with Gasteiger partial charge in [0.25, 0.3) is 0 Å². The Hall–Kier alpha value is -1.78. The SMILES string of the molecule is Cc1ccc(OC[C@H]2CCN(C(=O)OC(C)(C)C)C2)cn1. The highest BCUT2D eigenvalue weighted by atomic mass is 16.6. The number of carbonyl (C=O) groups is 1. The van der Waals surface area contributed by atoms with Crippen LogP contribution >= 0.6 is 0 Å². The van der Waals surface area contributed by atoms with Crippen LogP contribution in [0.3, 0.4) is 0 Å². The lowest BCUT2D eigenvalue weighted by Crippen LogP contribution is -2.35. The molecule has 1 aromatic rings. The van der Waals surface area contributed by atoms with E-state index in [1.807, 2.05) is 39.8 Å². The lowest BCUT2D eigenvalue weighted by Gasteiger charge is -2.24. The van der Waals surface area contributed by atoms with Crippen LogP contribution in [0.25, 0.3) is 0 Å². The van der Waals surface area contributed by atoms with Crippen LogP contribution in [-0.4, -0.2) is 41.3 Å². The molecule has 0 radical (unpaired) electrons. The summed E-state index contributed by atoms with van der Waals surface area (Å²) in [5.41, 5.74) is 0.526. The maximum atomic E-state index is 12.0. The van der Waals surface area contributed by atoms with Gasteiger partial charge in [-0.3, -0.25) is 4.98 Å². The average molecular weight is 292 g/mol. The molecule has 5 nitrogen and oxygen atoms in total. The second kappa shape index (κ2) is 6.33. The first-order valence-corrected chi connectivity index (χ1v) is 7.37. The number of ether oxygens (including phenoxy) is 2. The summed E-state index contributed by atoms with van der Waals surface area (Å²) in [6.45, 7) is 9.61. The van der Waals surface area contributed by atoms with Crippen molar-refractivity contribution in [1.29, 1.82) is 0 Å². The number of carbonyl (C=O) groups excluding carboxylic acids is 1. The van der Waals surface area contributed by atoms with Crippen molar-refractivity contribution in [3.63, 3.8) is 0 Å². The van der Waals surface area contributed by atoms with E-state index in [1.165, 1.54) is 0 Å².